The molecule has 0 saturated carbocycles. The van der Waals surface area contributed by atoms with Gasteiger partial charge in [-0.3, -0.25) is 0 Å². The standard InChI is InChI=1S/C24H16N4O3/c1-12-17(20-13(2)21(27-3)23(26)28-22(20)18(12)11-25)10-16-7-8-19(31-16)14-5-4-6-15(9-14)24(29)30/h4-10H,1-2H3,(H2,26,28)(H,29,30)/b17-10+. The summed E-state index contributed by atoms with van der Waals surface area (Å²) in [6.07, 6.45) is 1.79. The van der Waals surface area contributed by atoms with Crippen LogP contribution in [0.2, 0.25) is 0 Å². The number of carbonyl (C=O) groups is 1. The summed E-state index contributed by atoms with van der Waals surface area (Å²) in [5, 5.41) is 18.9. The van der Waals surface area contributed by atoms with Gasteiger partial charge in [-0.15, -0.1) is 0 Å². The van der Waals surface area contributed by atoms with E-state index in [1.807, 2.05) is 6.92 Å². The van der Waals surface area contributed by atoms with Crippen molar-refractivity contribution in [2.24, 2.45) is 0 Å². The van der Waals surface area contributed by atoms with Gasteiger partial charge < -0.3 is 15.3 Å². The predicted octanol–water partition coefficient (Wildman–Crippen LogP) is 5.33. The van der Waals surface area contributed by atoms with Crippen LogP contribution in [0.15, 0.2) is 46.4 Å². The van der Waals surface area contributed by atoms with Crippen LogP contribution in [0.25, 0.3) is 33.4 Å². The summed E-state index contributed by atoms with van der Waals surface area (Å²) in [7, 11) is 0. The number of pyridine rings is 1. The van der Waals surface area contributed by atoms with E-state index in [0.717, 1.165) is 11.1 Å². The number of carboxylic acid groups (broad SMARTS) is 1. The normalized spacial score (nSPS) is 13.7. The minimum absolute atomic E-state index is 0.103. The summed E-state index contributed by atoms with van der Waals surface area (Å²) >= 11 is 0. The average Bonchev–Trinajstić information content (AvgIpc) is 3.31. The zero-order chi connectivity index (χ0) is 22.3. The molecule has 0 bridgehead atoms. The number of fused-ring (bicyclic) bond motifs is 1. The zero-order valence-corrected chi connectivity index (χ0v) is 16.7. The van der Waals surface area contributed by atoms with Gasteiger partial charge in [-0.05, 0) is 60.9 Å². The third-order valence-corrected chi connectivity index (χ3v) is 5.26. The maximum atomic E-state index is 11.2. The molecule has 0 unspecified atom stereocenters. The Morgan fingerprint density at radius 2 is 2.10 bits per heavy atom. The summed E-state index contributed by atoms with van der Waals surface area (Å²) in [6.45, 7) is 11.0. The molecule has 1 aliphatic carbocycles. The number of nitrogens with two attached hydrogens (primary N) is 1. The van der Waals surface area contributed by atoms with Crippen molar-refractivity contribution in [3.05, 3.63) is 81.5 Å². The molecule has 1 aromatic carbocycles. The number of nitrogens with zero attached hydrogens (tertiary/aromatic N) is 3. The highest BCUT2D eigenvalue weighted by molar-refractivity contribution is 6.09. The van der Waals surface area contributed by atoms with Crippen molar-refractivity contribution in [2.45, 2.75) is 13.8 Å². The minimum atomic E-state index is -1.01. The molecule has 0 atom stereocenters. The summed E-state index contributed by atoms with van der Waals surface area (Å²) in [4.78, 5) is 19.0. The van der Waals surface area contributed by atoms with E-state index in [4.69, 9.17) is 16.7 Å². The Morgan fingerprint density at radius 1 is 1.32 bits per heavy atom. The molecule has 3 N–H and O–H groups in total. The summed E-state index contributed by atoms with van der Waals surface area (Å²) in [6, 6.07) is 12.2. The number of hydrogen-bond donors (Lipinski definition) is 2. The molecule has 0 spiro atoms. The Kier molecular flexibility index (Phi) is 4.65. The molecule has 2 aromatic heterocycles. The Hall–Kier alpha value is -4.62. The lowest BCUT2D eigenvalue weighted by Gasteiger charge is -2.10. The van der Waals surface area contributed by atoms with Gasteiger partial charge in [-0.2, -0.15) is 5.26 Å². The van der Waals surface area contributed by atoms with Gasteiger partial charge in [0.05, 0.1) is 23.4 Å². The number of anilines is 1. The quantitative estimate of drug-likeness (QED) is 0.565. The summed E-state index contributed by atoms with van der Waals surface area (Å²) in [5.41, 5.74) is 10.7. The Labute approximate surface area is 178 Å². The molecular formula is C24H16N4O3. The maximum Gasteiger partial charge on any atom is 0.335 e. The first-order valence-electron chi connectivity index (χ1n) is 9.30. The van der Waals surface area contributed by atoms with Crippen molar-refractivity contribution in [3.8, 4) is 17.4 Å². The van der Waals surface area contributed by atoms with Crippen LogP contribution in [-0.4, -0.2) is 16.1 Å². The van der Waals surface area contributed by atoms with Crippen LogP contribution in [0.4, 0.5) is 11.5 Å². The lowest BCUT2D eigenvalue weighted by Crippen LogP contribution is -1.99. The van der Waals surface area contributed by atoms with Crippen molar-refractivity contribution in [1.82, 2.24) is 4.98 Å². The fourth-order valence-corrected chi connectivity index (χ4v) is 3.72. The van der Waals surface area contributed by atoms with E-state index in [9.17, 15) is 15.2 Å². The van der Waals surface area contributed by atoms with Crippen LogP contribution in [0.1, 0.15) is 39.9 Å². The maximum absolute atomic E-state index is 11.2. The van der Waals surface area contributed by atoms with Crippen molar-refractivity contribution in [2.75, 3.05) is 5.73 Å². The number of furan rings is 1. The van der Waals surface area contributed by atoms with Gasteiger partial charge in [0.1, 0.15) is 23.4 Å². The molecule has 150 valence electrons. The van der Waals surface area contributed by atoms with E-state index in [1.54, 1.807) is 43.3 Å². The highest BCUT2D eigenvalue weighted by atomic mass is 16.4. The molecular weight excluding hydrogens is 392 g/mol. The van der Waals surface area contributed by atoms with E-state index in [-0.39, 0.29) is 17.1 Å². The number of aromatic nitrogens is 1. The average molecular weight is 408 g/mol. The van der Waals surface area contributed by atoms with Crippen LogP contribution in [-0.2, 0) is 0 Å². The topological polar surface area (TPSA) is 118 Å². The monoisotopic (exact) mass is 408 g/mol. The third-order valence-electron chi connectivity index (χ3n) is 5.26. The van der Waals surface area contributed by atoms with Crippen LogP contribution in [0.3, 0.4) is 0 Å². The van der Waals surface area contributed by atoms with Gasteiger partial charge in [0.15, 0.2) is 0 Å². The number of carboxylic acids is 1. The molecule has 0 radical (unpaired) electrons. The summed E-state index contributed by atoms with van der Waals surface area (Å²) in [5.74, 6) is 0.132. The fourth-order valence-electron chi connectivity index (χ4n) is 3.72. The molecule has 7 heteroatoms. The van der Waals surface area contributed by atoms with E-state index in [2.05, 4.69) is 15.9 Å². The number of rotatable bonds is 3. The number of aromatic carboxylic acids is 1. The van der Waals surface area contributed by atoms with Gasteiger partial charge in [-0.25, -0.2) is 14.6 Å². The second-order valence-corrected chi connectivity index (χ2v) is 7.06. The lowest BCUT2D eigenvalue weighted by molar-refractivity contribution is 0.0697. The molecule has 0 fully saturated rings. The highest BCUT2D eigenvalue weighted by Gasteiger charge is 2.29. The fraction of sp³-hybridized carbons (Fsp3) is 0.0833. The SMILES string of the molecule is [C-]#[N+]c1c(N)nc2c(c1C)/C(=C/c1ccc(-c3cccc(C(=O)O)c3)o1)C(C)=C2C#N. The first-order chi connectivity index (χ1) is 14.8. The molecule has 4 rings (SSSR count). The molecule has 0 saturated heterocycles. The van der Waals surface area contributed by atoms with Gasteiger partial charge in [0.25, 0.3) is 0 Å². The first-order valence-corrected chi connectivity index (χ1v) is 9.30. The Balaban J connectivity index is 1.84. The Bertz CT molecular complexity index is 1410. The molecule has 7 nitrogen and oxygen atoms in total. The molecule has 3 aromatic rings. The number of allylic oxidation sites excluding steroid dienone is 3. The van der Waals surface area contributed by atoms with Crippen LogP contribution in [0.5, 0.6) is 0 Å². The second kappa shape index (κ2) is 7.33. The molecule has 1 aliphatic rings. The second-order valence-electron chi connectivity index (χ2n) is 7.06. The number of nitriles is 1. The molecule has 0 aliphatic heterocycles. The van der Waals surface area contributed by atoms with Gasteiger partial charge >= 0.3 is 5.97 Å². The van der Waals surface area contributed by atoms with Crippen LogP contribution in [0, 0.1) is 24.8 Å². The third kappa shape index (κ3) is 3.15. The predicted molar refractivity (Wildman–Crippen MR) is 117 cm³/mol. The summed E-state index contributed by atoms with van der Waals surface area (Å²) < 4.78 is 5.94. The molecule has 31 heavy (non-hydrogen) atoms. The lowest BCUT2D eigenvalue weighted by atomic mass is 9.98. The van der Waals surface area contributed by atoms with Crippen molar-refractivity contribution >= 4 is 34.7 Å². The smallest absolute Gasteiger partial charge is 0.335 e. The Morgan fingerprint density at radius 3 is 2.77 bits per heavy atom. The van der Waals surface area contributed by atoms with Gasteiger partial charge in [0.2, 0.25) is 5.69 Å². The van der Waals surface area contributed by atoms with Gasteiger partial charge in [0, 0.05) is 11.1 Å². The van der Waals surface area contributed by atoms with Crippen molar-refractivity contribution in [1.29, 1.82) is 5.26 Å². The van der Waals surface area contributed by atoms with E-state index < -0.39 is 5.97 Å². The van der Waals surface area contributed by atoms with Gasteiger partial charge in [-0.1, -0.05) is 12.1 Å². The number of nitrogen functional groups attached to an aromatic ring is 1. The molecule has 2 heterocycles. The highest BCUT2D eigenvalue weighted by Crippen LogP contribution is 2.46. The van der Waals surface area contributed by atoms with Crippen molar-refractivity contribution < 1.29 is 14.3 Å². The largest absolute Gasteiger partial charge is 0.478 e. The first kappa shape index (κ1) is 19.7. The van der Waals surface area contributed by atoms with E-state index >= 15 is 0 Å². The molecule has 0 amide bonds. The van der Waals surface area contributed by atoms with E-state index in [1.165, 1.54) is 6.07 Å². The van der Waals surface area contributed by atoms with E-state index in [0.29, 0.717) is 39.5 Å². The number of hydrogen-bond acceptors (Lipinski definition) is 5. The minimum Gasteiger partial charge on any atom is -0.478 e. The number of benzene rings is 1. The van der Waals surface area contributed by atoms with Crippen LogP contribution >= 0.6 is 0 Å². The van der Waals surface area contributed by atoms with Crippen molar-refractivity contribution in [3.63, 3.8) is 0 Å². The van der Waals surface area contributed by atoms with Crippen LogP contribution < -0.4 is 5.73 Å². The zero-order valence-electron chi connectivity index (χ0n) is 16.7.